The lowest BCUT2D eigenvalue weighted by Crippen LogP contribution is -2.38. The number of hydrogen-bond donors (Lipinski definition) is 2. The second-order valence-corrected chi connectivity index (χ2v) is 5.29. The van der Waals surface area contributed by atoms with Crippen molar-refractivity contribution in [3.8, 4) is 11.5 Å². The molecule has 0 radical (unpaired) electrons. The summed E-state index contributed by atoms with van der Waals surface area (Å²) in [6.07, 6.45) is 2.29. The normalized spacial score (nSPS) is 19.1. The number of methoxy groups -OCH3 is 1. The summed E-state index contributed by atoms with van der Waals surface area (Å²) in [7, 11) is 1.61. The zero-order valence-electron chi connectivity index (χ0n) is 12.1. The highest BCUT2D eigenvalue weighted by atomic mass is 16.5. The Kier molecular flexibility index (Phi) is 4.16. The second kappa shape index (κ2) is 6.23. The minimum absolute atomic E-state index is 0.387. The van der Waals surface area contributed by atoms with Gasteiger partial charge >= 0.3 is 0 Å². The molecule has 8 heteroatoms. The molecule has 1 unspecified atom stereocenters. The first kappa shape index (κ1) is 14.0. The topological polar surface area (TPSA) is 106 Å². The van der Waals surface area contributed by atoms with Crippen LogP contribution in [-0.2, 0) is 11.3 Å². The minimum atomic E-state index is 0.387. The highest BCUT2D eigenvalue weighted by Crippen LogP contribution is 2.22. The summed E-state index contributed by atoms with van der Waals surface area (Å²) >= 11 is 0. The van der Waals surface area contributed by atoms with Gasteiger partial charge in [0.2, 0.25) is 5.95 Å². The zero-order chi connectivity index (χ0) is 14.7. The smallest absolute Gasteiger partial charge is 0.245 e. The van der Waals surface area contributed by atoms with Gasteiger partial charge in [-0.3, -0.25) is 5.10 Å². The quantitative estimate of drug-likeness (QED) is 0.838. The van der Waals surface area contributed by atoms with Gasteiger partial charge in [0, 0.05) is 26.3 Å². The molecule has 0 spiro atoms. The van der Waals surface area contributed by atoms with E-state index in [-0.39, 0.29) is 0 Å². The van der Waals surface area contributed by atoms with Gasteiger partial charge < -0.3 is 19.9 Å². The first-order valence-electron chi connectivity index (χ1n) is 7.12. The van der Waals surface area contributed by atoms with E-state index in [0.29, 0.717) is 42.3 Å². The molecule has 3 heterocycles. The number of nitrogens with two attached hydrogens (primary N) is 1. The van der Waals surface area contributed by atoms with Gasteiger partial charge in [-0.1, -0.05) is 5.16 Å². The van der Waals surface area contributed by atoms with Crippen LogP contribution in [0.4, 0.5) is 5.95 Å². The summed E-state index contributed by atoms with van der Waals surface area (Å²) < 4.78 is 10.2. The number of hydrogen-bond acceptors (Lipinski definition) is 7. The summed E-state index contributed by atoms with van der Waals surface area (Å²) in [5, 5.41) is 11.2. The van der Waals surface area contributed by atoms with Gasteiger partial charge in [-0.05, 0) is 25.3 Å². The van der Waals surface area contributed by atoms with Crippen molar-refractivity contribution in [3.05, 3.63) is 11.8 Å². The number of H-pyrrole nitrogens is 1. The third-order valence-corrected chi connectivity index (χ3v) is 3.70. The summed E-state index contributed by atoms with van der Waals surface area (Å²) in [6, 6.07) is 1.80. The van der Waals surface area contributed by atoms with E-state index in [2.05, 4.69) is 25.2 Å². The molecule has 3 N–H and O–H groups in total. The fourth-order valence-electron chi connectivity index (χ4n) is 2.58. The molecule has 8 nitrogen and oxygen atoms in total. The van der Waals surface area contributed by atoms with Crippen LogP contribution < -0.4 is 10.6 Å². The fraction of sp³-hybridized carbons (Fsp3) is 0.615. The first-order chi connectivity index (χ1) is 10.3. The number of nitrogens with zero attached hydrogens (tertiary/aromatic N) is 4. The van der Waals surface area contributed by atoms with Crippen LogP contribution in [0.5, 0.6) is 0 Å². The molecule has 1 aliphatic rings. The van der Waals surface area contributed by atoms with Crippen LogP contribution >= 0.6 is 0 Å². The molecule has 114 valence electrons. The predicted molar refractivity (Wildman–Crippen MR) is 76.6 cm³/mol. The first-order valence-corrected chi connectivity index (χ1v) is 7.12. The third kappa shape index (κ3) is 3.06. The van der Waals surface area contributed by atoms with Crippen LogP contribution in [0, 0.1) is 5.92 Å². The molecule has 21 heavy (non-hydrogen) atoms. The monoisotopic (exact) mass is 292 g/mol. The van der Waals surface area contributed by atoms with Crippen LogP contribution in [0.25, 0.3) is 11.5 Å². The lowest BCUT2D eigenvalue weighted by molar-refractivity contribution is 0.156. The van der Waals surface area contributed by atoms with Crippen molar-refractivity contribution in [2.75, 3.05) is 31.6 Å². The Labute approximate surface area is 122 Å². The summed E-state index contributed by atoms with van der Waals surface area (Å²) in [4.78, 5) is 6.67. The number of aromatic amines is 1. The number of nitrogens with one attached hydrogen (secondary N) is 1. The third-order valence-electron chi connectivity index (χ3n) is 3.70. The van der Waals surface area contributed by atoms with Crippen LogP contribution in [0.1, 0.15) is 18.6 Å². The van der Waals surface area contributed by atoms with Gasteiger partial charge in [0.05, 0.1) is 0 Å². The molecule has 1 atom stereocenters. The standard InChI is InChI=1S/C13H20N6O2/c1-20-8-10-5-11(18-21-10)12-15-13(17-16-12)19-4-2-3-9(6-14)7-19/h5,9H,2-4,6-8,14H2,1H3,(H,15,16,17). The Morgan fingerprint density at radius 3 is 3.29 bits per heavy atom. The van der Waals surface area contributed by atoms with Crippen molar-refractivity contribution < 1.29 is 9.26 Å². The van der Waals surface area contributed by atoms with Gasteiger partial charge in [-0.25, -0.2) is 0 Å². The van der Waals surface area contributed by atoms with E-state index < -0.39 is 0 Å². The van der Waals surface area contributed by atoms with E-state index in [1.54, 1.807) is 13.2 Å². The molecule has 0 aliphatic carbocycles. The van der Waals surface area contributed by atoms with Crippen molar-refractivity contribution >= 4 is 5.95 Å². The number of ether oxygens (including phenoxy) is 1. The van der Waals surface area contributed by atoms with Crippen molar-refractivity contribution in [3.63, 3.8) is 0 Å². The summed E-state index contributed by atoms with van der Waals surface area (Å²) in [5.74, 6) is 2.47. The average molecular weight is 292 g/mol. The van der Waals surface area contributed by atoms with E-state index in [4.69, 9.17) is 15.0 Å². The number of anilines is 1. The minimum Gasteiger partial charge on any atom is -0.377 e. The molecule has 1 saturated heterocycles. The SMILES string of the molecule is COCc1cc(-c2nc(N3CCCC(CN)C3)n[nH]2)no1. The fourth-order valence-corrected chi connectivity index (χ4v) is 2.58. The van der Waals surface area contributed by atoms with Gasteiger partial charge in [-0.15, -0.1) is 5.10 Å². The van der Waals surface area contributed by atoms with E-state index in [1.165, 1.54) is 6.42 Å². The van der Waals surface area contributed by atoms with E-state index in [0.717, 1.165) is 19.5 Å². The maximum absolute atomic E-state index is 5.76. The van der Waals surface area contributed by atoms with Gasteiger partial charge in [-0.2, -0.15) is 4.98 Å². The Hall–Kier alpha value is -1.93. The van der Waals surface area contributed by atoms with Gasteiger partial charge in [0.1, 0.15) is 6.61 Å². The Morgan fingerprint density at radius 1 is 1.57 bits per heavy atom. The summed E-state index contributed by atoms with van der Waals surface area (Å²) in [6.45, 7) is 2.96. The molecule has 0 amide bonds. The van der Waals surface area contributed by atoms with Crippen LogP contribution in [0.15, 0.2) is 10.6 Å². The molecule has 3 rings (SSSR count). The molecule has 0 bridgehead atoms. The van der Waals surface area contributed by atoms with Crippen molar-refractivity contribution in [2.24, 2.45) is 11.7 Å². The number of rotatable bonds is 5. The largest absolute Gasteiger partial charge is 0.377 e. The average Bonchev–Trinajstić information content (AvgIpc) is 3.16. The molecule has 1 aliphatic heterocycles. The Bertz CT molecular complexity index is 581. The Morgan fingerprint density at radius 2 is 2.48 bits per heavy atom. The molecule has 2 aromatic rings. The summed E-state index contributed by atoms with van der Waals surface area (Å²) in [5.41, 5.74) is 6.39. The van der Waals surface area contributed by atoms with Crippen molar-refractivity contribution in [1.82, 2.24) is 20.3 Å². The van der Waals surface area contributed by atoms with Crippen LogP contribution in [0.2, 0.25) is 0 Å². The molecule has 0 aromatic carbocycles. The Balaban J connectivity index is 1.73. The van der Waals surface area contributed by atoms with Crippen molar-refractivity contribution in [2.45, 2.75) is 19.4 Å². The highest BCUT2D eigenvalue weighted by molar-refractivity contribution is 5.51. The highest BCUT2D eigenvalue weighted by Gasteiger charge is 2.22. The van der Waals surface area contributed by atoms with E-state index in [1.807, 2.05) is 0 Å². The van der Waals surface area contributed by atoms with Crippen molar-refractivity contribution in [1.29, 1.82) is 0 Å². The molecule has 0 saturated carbocycles. The molecule has 1 fully saturated rings. The number of aromatic nitrogens is 4. The van der Waals surface area contributed by atoms with E-state index >= 15 is 0 Å². The van der Waals surface area contributed by atoms with Crippen LogP contribution in [0.3, 0.4) is 0 Å². The van der Waals surface area contributed by atoms with Crippen LogP contribution in [-0.4, -0.2) is 47.1 Å². The lowest BCUT2D eigenvalue weighted by Gasteiger charge is -2.31. The molecule has 2 aromatic heterocycles. The van der Waals surface area contributed by atoms with Gasteiger partial charge in [0.25, 0.3) is 0 Å². The maximum Gasteiger partial charge on any atom is 0.245 e. The molecular formula is C13H20N6O2. The zero-order valence-corrected chi connectivity index (χ0v) is 12.1. The number of piperidine rings is 1. The predicted octanol–water partition coefficient (Wildman–Crippen LogP) is 0.781. The lowest BCUT2D eigenvalue weighted by atomic mass is 9.99. The molecular weight excluding hydrogens is 272 g/mol. The van der Waals surface area contributed by atoms with E-state index in [9.17, 15) is 0 Å². The van der Waals surface area contributed by atoms with Gasteiger partial charge in [0.15, 0.2) is 17.3 Å². The second-order valence-electron chi connectivity index (χ2n) is 5.29. The maximum atomic E-state index is 5.76.